The van der Waals surface area contributed by atoms with Crippen LogP contribution in [0.25, 0.3) is 0 Å². The molecular weight excluding hydrogens is 362 g/mol. The molecule has 7 heteroatoms. The summed E-state index contributed by atoms with van der Waals surface area (Å²) in [6, 6.07) is 13.1. The summed E-state index contributed by atoms with van der Waals surface area (Å²) < 4.78 is 10.7. The number of nitrogens with one attached hydrogen (secondary N) is 2. The fraction of sp³-hybridized carbons (Fsp3) is 0.300. The Balaban J connectivity index is 1.75. The molecule has 142 valence electrons. The van der Waals surface area contributed by atoms with E-state index in [0.29, 0.717) is 23.8 Å². The highest BCUT2D eigenvalue weighted by molar-refractivity contribution is 7.80. The number of thiocarbonyl (C=S) groups is 1. The molecule has 27 heavy (non-hydrogen) atoms. The minimum atomic E-state index is 0.119. The standard InChI is InChI=1S/C20H23N3O3S/c1-25-16-7-5-6-14(12-16)21-20(27)22-15-9-10-18(26-2)17(13-15)23-11-4-3-8-19(23)24/h5-7,9-10,12-13H,3-4,8,11H2,1-2H3,(H2,21,22,27). The van der Waals surface area contributed by atoms with Gasteiger partial charge in [-0.2, -0.15) is 0 Å². The number of rotatable bonds is 5. The summed E-state index contributed by atoms with van der Waals surface area (Å²) >= 11 is 5.41. The summed E-state index contributed by atoms with van der Waals surface area (Å²) in [6.07, 6.45) is 2.49. The first-order valence-electron chi connectivity index (χ1n) is 8.81. The number of hydrogen-bond acceptors (Lipinski definition) is 4. The Morgan fingerprint density at radius 3 is 2.52 bits per heavy atom. The van der Waals surface area contributed by atoms with E-state index in [9.17, 15) is 4.79 Å². The van der Waals surface area contributed by atoms with E-state index in [-0.39, 0.29) is 5.91 Å². The molecule has 1 aliphatic rings. The Hall–Kier alpha value is -2.80. The fourth-order valence-corrected chi connectivity index (χ4v) is 3.27. The first-order chi connectivity index (χ1) is 13.1. The maximum absolute atomic E-state index is 12.3. The van der Waals surface area contributed by atoms with Gasteiger partial charge in [-0.15, -0.1) is 0 Å². The van der Waals surface area contributed by atoms with Gasteiger partial charge < -0.3 is 25.0 Å². The predicted molar refractivity (Wildman–Crippen MR) is 112 cm³/mol. The van der Waals surface area contributed by atoms with E-state index in [2.05, 4.69) is 10.6 Å². The van der Waals surface area contributed by atoms with Gasteiger partial charge in [0.05, 0.1) is 19.9 Å². The molecule has 2 aromatic rings. The highest BCUT2D eigenvalue weighted by atomic mass is 32.1. The number of ether oxygens (including phenoxy) is 2. The van der Waals surface area contributed by atoms with Gasteiger partial charge in [0.15, 0.2) is 5.11 Å². The monoisotopic (exact) mass is 385 g/mol. The van der Waals surface area contributed by atoms with Crippen molar-refractivity contribution in [2.75, 3.05) is 36.3 Å². The lowest BCUT2D eigenvalue weighted by Gasteiger charge is -2.28. The molecule has 1 heterocycles. The molecule has 0 aliphatic carbocycles. The van der Waals surface area contributed by atoms with Crippen molar-refractivity contribution < 1.29 is 14.3 Å². The Kier molecular flexibility index (Phi) is 6.13. The first kappa shape index (κ1) is 19.0. The molecule has 2 aromatic carbocycles. The number of piperidine rings is 1. The lowest BCUT2D eigenvalue weighted by molar-refractivity contribution is -0.119. The SMILES string of the molecule is COc1cccc(NC(=S)Nc2ccc(OC)c(N3CCCCC3=O)c2)c1. The lowest BCUT2D eigenvalue weighted by atomic mass is 10.1. The normalized spacial score (nSPS) is 13.9. The molecule has 1 aliphatic heterocycles. The average molecular weight is 385 g/mol. The molecule has 1 saturated heterocycles. The van der Waals surface area contributed by atoms with E-state index in [4.69, 9.17) is 21.7 Å². The van der Waals surface area contributed by atoms with Crippen molar-refractivity contribution in [1.82, 2.24) is 0 Å². The number of nitrogens with zero attached hydrogens (tertiary/aromatic N) is 1. The summed E-state index contributed by atoms with van der Waals surface area (Å²) in [6.45, 7) is 0.700. The molecule has 2 N–H and O–H groups in total. The molecule has 0 bridgehead atoms. The second kappa shape index (κ2) is 8.73. The third kappa shape index (κ3) is 4.68. The Morgan fingerprint density at radius 2 is 1.81 bits per heavy atom. The van der Waals surface area contributed by atoms with Crippen molar-refractivity contribution in [1.29, 1.82) is 0 Å². The van der Waals surface area contributed by atoms with Gasteiger partial charge in [-0.25, -0.2) is 0 Å². The smallest absolute Gasteiger partial charge is 0.227 e. The molecule has 0 atom stereocenters. The van der Waals surface area contributed by atoms with Crippen LogP contribution in [0.5, 0.6) is 11.5 Å². The molecule has 1 amide bonds. The highest BCUT2D eigenvalue weighted by Gasteiger charge is 2.23. The Morgan fingerprint density at radius 1 is 1.04 bits per heavy atom. The zero-order valence-corrected chi connectivity index (χ0v) is 16.3. The van der Waals surface area contributed by atoms with E-state index in [1.165, 1.54) is 0 Å². The molecule has 0 spiro atoms. The van der Waals surface area contributed by atoms with Crippen LogP contribution >= 0.6 is 12.2 Å². The van der Waals surface area contributed by atoms with Crippen molar-refractivity contribution in [2.24, 2.45) is 0 Å². The van der Waals surface area contributed by atoms with Gasteiger partial charge in [0.2, 0.25) is 5.91 Å². The molecular formula is C20H23N3O3S. The van der Waals surface area contributed by atoms with Gasteiger partial charge in [-0.3, -0.25) is 4.79 Å². The van der Waals surface area contributed by atoms with Gasteiger partial charge in [0, 0.05) is 30.4 Å². The maximum Gasteiger partial charge on any atom is 0.227 e. The number of carbonyl (C=O) groups excluding carboxylic acids is 1. The number of benzene rings is 2. The quantitative estimate of drug-likeness (QED) is 0.758. The molecule has 0 aromatic heterocycles. The van der Waals surface area contributed by atoms with Crippen molar-refractivity contribution in [3.8, 4) is 11.5 Å². The van der Waals surface area contributed by atoms with Crippen molar-refractivity contribution in [2.45, 2.75) is 19.3 Å². The van der Waals surface area contributed by atoms with Crippen LogP contribution in [0.15, 0.2) is 42.5 Å². The zero-order valence-electron chi connectivity index (χ0n) is 15.5. The topological polar surface area (TPSA) is 62.8 Å². The summed E-state index contributed by atoms with van der Waals surface area (Å²) in [5.74, 6) is 1.54. The van der Waals surface area contributed by atoms with E-state index >= 15 is 0 Å². The van der Waals surface area contributed by atoms with Gasteiger partial charge in [0.1, 0.15) is 11.5 Å². The molecule has 3 rings (SSSR count). The third-order valence-corrected chi connectivity index (χ3v) is 4.58. The van der Waals surface area contributed by atoms with E-state index in [1.54, 1.807) is 19.1 Å². The van der Waals surface area contributed by atoms with E-state index in [0.717, 1.165) is 35.7 Å². The Bertz CT molecular complexity index is 841. The largest absolute Gasteiger partial charge is 0.497 e. The van der Waals surface area contributed by atoms with Crippen LogP contribution in [-0.4, -0.2) is 31.8 Å². The van der Waals surface area contributed by atoms with Crippen LogP contribution in [0.2, 0.25) is 0 Å². The molecule has 0 radical (unpaired) electrons. The van der Waals surface area contributed by atoms with Gasteiger partial charge in [-0.05, 0) is 55.4 Å². The zero-order chi connectivity index (χ0) is 19.2. The number of anilines is 3. The van der Waals surface area contributed by atoms with E-state index < -0.39 is 0 Å². The van der Waals surface area contributed by atoms with Crippen LogP contribution in [0.1, 0.15) is 19.3 Å². The summed E-state index contributed by atoms with van der Waals surface area (Å²) in [4.78, 5) is 14.1. The number of amides is 1. The van der Waals surface area contributed by atoms with Crippen molar-refractivity contribution >= 4 is 40.3 Å². The number of carbonyl (C=O) groups is 1. The highest BCUT2D eigenvalue weighted by Crippen LogP contribution is 2.33. The summed E-state index contributed by atoms with van der Waals surface area (Å²) in [5.41, 5.74) is 2.37. The summed E-state index contributed by atoms with van der Waals surface area (Å²) in [5, 5.41) is 6.74. The first-order valence-corrected chi connectivity index (χ1v) is 9.22. The van der Waals surface area contributed by atoms with Crippen molar-refractivity contribution in [3.05, 3.63) is 42.5 Å². The molecule has 1 fully saturated rings. The summed E-state index contributed by atoms with van der Waals surface area (Å²) in [7, 11) is 3.23. The molecule has 0 saturated carbocycles. The van der Waals surface area contributed by atoms with Gasteiger partial charge in [-0.1, -0.05) is 6.07 Å². The predicted octanol–water partition coefficient (Wildman–Crippen LogP) is 4.03. The van der Waals surface area contributed by atoms with Crippen molar-refractivity contribution in [3.63, 3.8) is 0 Å². The minimum Gasteiger partial charge on any atom is -0.497 e. The average Bonchev–Trinajstić information content (AvgIpc) is 2.68. The van der Waals surface area contributed by atoms with E-state index in [1.807, 2.05) is 42.5 Å². The fourth-order valence-electron chi connectivity index (χ4n) is 3.03. The molecule has 0 unspecified atom stereocenters. The number of hydrogen-bond donors (Lipinski definition) is 2. The second-order valence-electron chi connectivity index (χ2n) is 6.20. The lowest BCUT2D eigenvalue weighted by Crippen LogP contribution is -2.35. The Labute approximate surface area is 164 Å². The van der Waals surface area contributed by atoms with Crippen LogP contribution in [-0.2, 0) is 4.79 Å². The number of methoxy groups -OCH3 is 2. The van der Waals surface area contributed by atoms with Gasteiger partial charge >= 0.3 is 0 Å². The minimum absolute atomic E-state index is 0.119. The third-order valence-electron chi connectivity index (χ3n) is 4.38. The van der Waals surface area contributed by atoms with Gasteiger partial charge in [0.25, 0.3) is 0 Å². The van der Waals surface area contributed by atoms with Crippen LogP contribution < -0.4 is 25.0 Å². The van der Waals surface area contributed by atoms with Crippen LogP contribution in [0.3, 0.4) is 0 Å². The van der Waals surface area contributed by atoms with Crippen LogP contribution in [0.4, 0.5) is 17.1 Å². The van der Waals surface area contributed by atoms with Crippen LogP contribution in [0, 0.1) is 0 Å². The second-order valence-corrected chi connectivity index (χ2v) is 6.61. The maximum atomic E-state index is 12.3. The molecule has 6 nitrogen and oxygen atoms in total.